The number of nitrogens with zero attached hydrogens (tertiary/aromatic N) is 1. The van der Waals surface area contributed by atoms with Gasteiger partial charge in [0.2, 0.25) is 0 Å². The number of aromatic nitrogens is 1. The Kier molecular flexibility index (Phi) is 5.71. The molecule has 30 heavy (non-hydrogen) atoms. The molecule has 0 unspecified atom stereocenters. The van der Waals surface area contributed by atoms with Gasteiger partial charge in [0.05, 0.1) is 29.3 Å². The summed E-state index contributed by atoms with van der Waals surface area (Å²) < 4.78 is 11.5. The summed E-state index contributed by atoms with van der Waals surface area (Å²) in [7, 11) is 2.58. The molecule has 0 N–H and O–H groups in total. The highest BCUT2D eigenvalue weighted by Crippen LogP contribution is 2.39. The maximum absolute atomic E-state index is 13.2. The largest absolute Gasteiger partial charge is 0.467 e. The third kappa shape index (κ3) is 3.33. The summed E-state index contributed by atoms with van der Waals surface area (Å²) in [5.41, 5.74) is 1.46. The quantitative estimate of drug-likeness (QED) is 0.518. The first kappa shape index (κ1) is 20.7. The molecule has 1 atom stereocenters. The van der Waals surface area contributed by atoms with Crippen LogP contribution in [0.3, 0.4) is 0 Å². The fraction of sp³-hybridized carbons (Fsp3) is 0.227. The van der Waals surface area contributed by atoms with Crippen LogP contribution in [0.4, 0.5) is 0 Å². The van der Waals surface area contributed by atoms with Gasteiger partial charge in [-0.3, -0.25) is 9.36 Å². The first-order valence-electron chi connectivity index (χ1n) is 9.20. The molecular weight excluding hydrogens is 470 g/mol. The van der Waals surface area contributed by atoms with Gasteiger partial charge in [-0.2, -0.15) is 0 Å². The lowest BCUT2D eigenvalue weighted by Crippen LogP contribution is -2.32. The Morgan fingerprint density at radius 1 is 1.13 bits per heavy atom. The normalized spacial score (nSPS) is 15.1. The molecule has 2 aromatic carbocycles. The topological polar surface area (TPSA) is 74.6 Å². The van der Waals surface area contributed by atoms with E-state index in [-0.39, 0.29) is 10.0 Å². The Morgan fingerprint density at radius 3 is 2.60 bits per heavy atom. The van der Waals surface area contributed by atoms with Crippen molar-refractivity contribution in [2.24, 2.45) is 0 Å². The molecule has 8 heteroatoms. The number of hydrogen-bond acceptors (Lipinski definition) is 6. The predicted molar refractivity (Wildman–Crippen MR) is 118 cm³/mol. The molecule has 0 saturated carbocycles. The van der Waals surface area contributed by atoms with Crippen molar-refractivity contribution in [3.63, 3.8) is 0 Å². The fourth-order valence-electron chi connectivity index (χ4n) is 3.77. The lowest BCUT2D eigenvalue weighted by molar-refractivity contribution is -0.143. The zero-order chi connectivity index (χ0) is 21.4. The minimum atomic E-state index is -0.784. The van der Waals surface area contributed by atoms with E-state index in [9.17, 15) is 14.4 Å². The van der Waals surface area contributed by atoms with E-state index in [0.29, 0.717) is 28.3 Å². The van der Waals surface area contributed by atoms with Crippen molar-refractivity contribution in [3.05, 3.63) is 74.0 Å². The Balaban J connectivity index is 1.95. The zero-order valence-electron chi connectivity index (χ0n) is 16.3. The third-order valence-corrected chi connectivity index (χ3v) is 7.18. The van der Waals surface area contributed by atoms with Crippen molar-refractivity contribution in [1.82, 2.24) is 4.57 Å². The van der Waals surface area contributed by atoms with E-state index in [4.69, 9.17) is 9.47 Å². The molecule has 154 valence electrons. The molecule has 2 heterocycles. The van der Waals surface area contributed by atoms with Gasteiger partial charge in [0.15, 0.2) is 0 Å². The number of methoxy groups -OCH3 is 2. The van der Waals surface area contributed by atoms with Crippen LogP contribution >= 0.6 is 27.7 Å². The Labute approximate surface area is 185 Å². The molecule has 6 nitrogen and oxygen atoms in total. The smallest absolute Gasteiger partial charge is 0.340 e. The van der Waals surface area contributed by atoms with Crippen LogP contribution in [0, 0.1) is 0 Å². The van der Waals surface area contributed by atoms with Crippen LogP contribution in [0.15, 0.2) is 56.8 Å². The molecule has 1 aromatic heterocycles. The molecular formula is C22H18BrNO5S. The van der Waals surface area contributed by atoms with Gasteiger partial charge in [-0.1, -0.05) is 42.5 Å². The molecule has 0 radical (unpaired) electrons. The van der Waals surface area contributed by atoms with Crippen molar-refractivity contribution < 1.29 is 19.1 Å². The van der Waals surface area contributed by atoms with Gasteiger partial charge in [0.25, 0.3) is 5.56 Å². The lowest BCUT2D eigenvalue weighted by Gasteiger charge is -2.18. The number of carbonyl (C=O) groups is 2. The number of fused-ring (bicyclic) bond motifs is 2. The molecule has 3 aromatic rings. The number of carbonyl (C=O) groups excluding carboxylic acids is 2. The number of rotatable bonds is 4. The highest BCUT2D eigenvalue weighted by molar-refractivity contribution is 9.10. The standard InChI is InChI=1S/C22H18BrNO5S/c1-28-21(26)16-11-30-20-17(22(27)29-2)15(18(23)19(25)24(16)20)10-13-8-5-7-12-6-3-4-9-14(12)13/h3-9,16H,10-11H2,1-2H3/t16-/m0/s1. The van der Waals surface area contributed by atoms with Crippen LogP contribution in [-0.4, -0.2) is 36.5 Å². The van der Waals surface area contributed by atoms with Gasteiger partial charge in [-0.05, 0) is 37.8 Å². The molecule has 0 saturated heterocycles. The maximum Gasteiger partial charge on any atom is 0.340 e. The second-order valence-corrected chi connectivity index (χ2v) is 8.61. The number of halogens is 1. The molecule has 4 rings (SSSR count). The lowest BCUT2D eigenvalue weighted by atomic mass is 9.96. The molecule has 0 amide bonds. The van der Waals surface area contributed by atoms with Gasteiger partial charge in [-0.15, -0.1) is 11.8 Å². The number of hydrogen-bond donors (Lipinski definition) is 0. The molecule has 0 spiro atoms. The highest BCUT2D eigenvalue weighted by atomic mass is 79.9. The zero-order valence-corrected chi connectivity index (χ0v) is 18.7. The Morgan fingerprint density at radius 2 is 1.87 bits per heavy atom. The minimum absolute atomic E-state index is 0.246. The van der Waals surface area contributed by atoms with E-state index < -0.39 is 18.0 Å². The predicted octanol–water partition coefficient (Wildman–Crippen LogP) is 3.96. The first-order valence-corrected chi connectivity index (χ1v) is 11.0. The van der Waals surface area contributed by atoms with Crippen LogP contribution < -0.4 is 5.56 Å². The summed E-state index contributed by atoms with van der Waals surface area (Å²) in [6.07, 6.45) is 0.360. The van der Waals surface area contributed by atoms with E-state index in [1.54, 1.807) is 0 Å². The van der Waals surface area contributed by atoms with Gasteiger partial charge in [-0.25, -0.2) is 9.59 Å². The van der Waals surface area contributed by atoms with Crippen molar-refractivity contribution in [2.75, 3.05) is 20.0 Å². The Hall–Kier alpha value is -2.58. The van der Waals surface area contributed by atoms with Crippen molar-refractivity contribution >= 4 is 50.4 Å². The van der Waals surface area contributed by atoms with E-state index in [1.165, 1.54) is 30.5 Å². The monoisotopic (exact) mass is 487 g/mol. The number of ether oxygens (including phenoxy) is 2. The van der Waals surface area contributed by atoms with E-state index in [0.717, 1.165) is 16.3 Å². The molecule has 0 fully saturated rings. The molecule has 0 bridgehead atoms. The maximum atomic E-state index is 13.2. The van der Waals surface area contributed by atoms with Crippen LogP contribution in [0.2, 0.25) is 0 Å². The van der Waals surface area contributed by atoms with E-state index >= 15 is 0 Å². The molecule has 1 aliphatic heterocycles. The molecule has 1 aliphatic rings. The van der Waals surface area contributed by atoms with Crippen LogP contribution in [0.1, 0.15) is 27.5 Å². The van der Waals surface area contributed by atoms with Crippen molar-refractivity contribution in [1.29, 1.82) is 0 Å². The number of thioether (sulfide) groups is 1. The fourth-order valence-corrected chi connectivity index (χ4v) is 5.60. The Bertz CT molecular complexity index is 1230. The number of pyridine rings is 1. The summed E-state index contributed by atoms with van der Waals surface area (Å²) >= 11 is 4.68. The highest BCUT2D eigenvalue weighted by Gasteiger charge is 2.37. The van der Waals surface area contributed by atoms with Gasteiger partial charge in [0, 0.05) is 12.2 Å². The summed E-state index contributed by atoms with van der Waals surface area (Å²) in [6.45, 7) is 0. The van der Waals surface area contributed by atoms with Gasteiger partial charge in [0.1, 0.15) is 6.04 Å². The van der Waals surface area contributed by atoms with Crippen LogP contribution in [0.25, 0.3) is 10.8 Å². The second-order valence-electron chi connectivity index (χ2n) is 6.80. The SMILES string of the molecule is COC(=O)c1c(Cc2cccc3ccccc23)c(Br)c(=O)n2c1SC[C@H]2C(=O)OC. The van der Waals surface area contributed by atoms with Gasteiger partial charge >= 0.3 is 11.9 Å². The van der Waals surface area contributed by atoms with Gasteiger partial charge < -0.3 is 9.47 Å². The number of esters is 2. The third-order valence-electron chi connectivity index (χ3n) is 5.21. The number of benzene rings is 2. The summed E-state index contributed by atoms with van der Waals surface area (Å²) in [5.74, 6) is -0.753. The average Bonchev–Trinajstić information content (AvgIpc) is 3.21. The minimum Gasteiger partial charge on any atom is -0.467 e. The summed E-state index contributed by atoms with van der Waals surface area (Å²) in [6, 6.07) is 13.1. The summed E-state index contributed by atoms with van der Waals surface area (Å²) in [4.78, 5) is 38.1. The van der Waals surface area contributed by atoms with E-state index in [1.807, 2.05) is 42.5 Å². The van der Waals surface area contributed by atoms with Crippen LogP contribution in [-0.2, 0) is 20.7 Å². The van der Waals surface area contributed by atoms with Crippen molar-refractivity contribution in [2.45, 2.75) is 17.5 Å². The summed E-state index contributed by atoms with van der Waals surface area (Å²) in [5, 5.41) is 2.55. The second kappa shape index (κ2) is 8.28. The average molecular weight is 488 g/mol. The van der Waals surface area contributed by atoms with E-state index in [2.05, 4.69) is 15.9 Å². The van der Waals surface area contributed by atoms with Crippen LogP contribution in [0.5, 0.6) is 0 Å². The van der Waals surface area contributed by atoms with Crippen molar-refractivity contribution in [3.8, 4) is 0 Å². The molecule has 0 aliphatic carbocycles. The first-order chi connectivity index (χ1) is 14.5.